The van der Waals surface area contributed by atoms with Gasteiger partial charge < -0.3 is 20.5 Å². The van der Waals surface area contributed by atoms with Gasteiger partial charge in [-0.25, -0.2) is 0 Å². The number of thiophene rings is 1. The Hall–Kier alpha value is -2.74. The van der Waals surface area contributed by atoms with Gasteiger partial charge in [-0.1, -0.05) is 12.1 Å². The third-order valence-corrected chi connectivity index (χ3v) is 4.54. The average Bonchev–Trinajstić information content (AvgIpc) is 3.25. The van der Waals surface area contributed by atoms with E-state index in [2.05, 4.69) is 27.1 Å². The summed E-state index contributed by atoms with van der Waals surface area (Å²) in [5.41, 5.74) is 6.55. The molecule has 25 heavy (non-hydrogen) atoms. The first-order chi connectivity index (χ1) is 12.2. The first kappa shape index (κ1) is 17.1. The van der Waals surface area contributed by atoms with Crippen LogP contribution in [0.5, 0.6) is 11.5 Å². The zero-order chi connectivity index (χ0) is 17.5. The average molecular weight is 359 g/mol. The van der Waals surface area contributed by atoms with E-state index in [9.17, 15) is 0 Å². The molecule has 1 aromatic heterocycles. The maximum absolute atomic E-state index is 7.40. The smallest absolute Gasteiger partial charge is 0.231 e. The lowest BCUT2D eigenvalue weighted by Gasteiger charge is -2.11. The Labute approximate surface area is 150 Å². The van der Waals surface area contributed by atoms with Gasteiger partial charge in [0.05, 0.1) is 0 Å². The van der Waals surface area contributed by atoms with Gasteiger partial charge in [0.15, 0.2) is 23.4 Å². The number of benzene rings is 1. The number of hydrogen-bond donors (Lipinski definition) is 4. The molecule has 0 saturated heterocycles. The molecule has 3 rings (SSSR count). The van der Waals surface area contributed by atoms with Crippen molar-refractivity contribution in [1.29, 1.82) is 5.41 Å². The van der Waals surface area contributed by atoms with E-state index in [4.69, 9.17) is 20.6 Å². The van der Waals surface area contributed by atoms with Crippen molar-refractivity contribution in [1.82, 2.24) is 10.6 Å². The molecule has 5 N–H and O–H groups in total. The van der Waals surface area contributed by atoms with Gasteiger partial charge in [0.2, 0.25) is 6.79 Å². The number of nitrogens with two attached hydrogens (primary N) is 1. The van der Waals surface area contributed by atoms with E-state index in [0.717, 1.165) is 36.4 Å². The van der Waals surface area contributed by atoms with E-state index in [-0.39, 0.29) is 12.8 Å². The summed E-state index contributed by atoms with van der Waals surface area (Å²) in [5, 5.41) is 15.4. The third kappa shape index (κ3) is 5.12. The molecule has 2 heterocycles. The molecule has 0 fully saturated rings. The first-order valence-corrected chi connectivity index (χ1v) is 8.89. The summed E-state index contributed by atoms with van der Waals surface area (Å²) >= 11 is 1.72. The van der Waals surface area contributed by atoms with Gasteiger partial charge >= 0.3 is 0 Å². The number of aliphatic imine (C=N–C) groups is 1. The van der Waals surface area contributed by atoms with Crippen molar-refractivity contribution in [3.05, 3.63) is 46.2 Å². The summed E-state index contributed by atoms with van der Waals surface area (Å²) in [6.45, 7) is 1.57. The van der Waals surface area contributed by atoms with E-state index in [1.807, 2.05) is 24.3 Å². The maximum atomic E-state index is 7.40. The van der Waals surface area contributed by atoms with Gasteiger partial charge in [0, 0.05) is 18.0 Å². The molecular weight excluding hydrogens is 338 g/mol. The minimum atomic E-state index is -0.134. The lowest BCUT2D eigenvalue weighted by molar-refractivity contribution is 0.174. The summed E-state index contributed by atoms with van der Waals surface area (Å²) in [5.74, 6) is 1.94. The van der Waals surface area contributed by atoms with Crippen LogP contribution in [0.25, 0.3) is 0 Å². The Morgan fingerprint density at radius 3 is 2.92 bits per heavy atom. The number of guanidine groups is 2. The highest BCUT2D eigenvalue weighted by atomic mass is 32.1. The highest BCUT2D eigenvalue weighted by molar-refractivity contribution is 7.09. The largest absolute Gasteiger partial charge is 0.454 e. The molecule has 1 aromatic carbocycles. The summed E-state index contributed by atoms with van der Waals surface area (Å²) in [6.07, 6.45) is 1.66. The topological polar surface area (TPSA) is 105 Å². The molecule has 0 unspecified atom stereocenters. The second-order valence-corrected chi connectivity index (χ2v) is 6.50. The van der Waals surface area contributed by atoms with Gasteiger partial charge in [-0.15, -0.1) is 11.3 Å². The summed E-state index contributed by atoms with van der Waals surface area (Å²) in [7, 11) is 0. The first-order valence-electron chi connectivity index (χ1n) is 8.01. The maximum Gasteiger partial charge on any atom is 0.231 e. The van der Waals surface area contributed by atoms with Crippen molar-refractivity contribution >= 4 is 23.3 Å². The molecule has 0 saturated carbocycles. The van der Waals surface area contributed by atoms with Gasteiger partial charge in [-0.2, -0.15) is 0 Å². The number of nitrogens with zero attached hydrogens (tertiary/aromatic N) is 1. The molecule has 1 aliphatic heterocycles. The molecule has 0 aliphatic carbocycles. The molecule has 1 aliphatic rings. The Balaban J connectivity index is 1.51. The number of ether oxygens (including phenoxy) is 2. The molecule has 7 nitrogen and oxygen atoms in total. The second-order valence-electron chi connectivity index (χ2n) is 5.46. The fourth-order valence-electron chi connectivity index (χ4n) is 2.42. The van der Waals surface area contributed by atoms with Crippen LogP contribution in [0.15, 0.2) is 40.7 Å². The van der Waals surface area contributed by atoms with Crippen molar-refractivity contribution in [3.63, 3.8) is 0 Å². The Morgan fingerprint density at radius 1 is 1.24 bits per heavy atom. The van der Waals surface area contributed by atoms with Crippen LogP contribution < -0.4 is 25.8 Å². The highest BCUT2D eigenvalue weighted by Gasteiger charge is 2.12. The Morgan fingerprint density at radius 2 is 2.12 bits per heavy atom. The van der Waals surface area contributed by atoms with Crippen LogP contribution in [0.4, 0.5) is 0 Å². The molecule has 0 amide bonds. The van der Waals surface area contributed by atoms with Gasteiger partial charge in [0.25, 0.3) is 0 Å². The fraction of sp³-hybridized carbons (Fsp3) is 0.294. The van der Waals surface area contributed by atoms with Crippen LogP contribution in [0.1, 0.15) is 10.4 Å². The fourth-order valence-corrected chi connectivity index (χ4v) is 3.13. The van der Waals surface area contributed by atoms with Crippen LogP contribution >= 0.6 is 11.3 Å². The quantitative estimate of drug-likeness (QED) is 0.464. The normalized spacial score (nSPS) is 12.9. The summed E-state index contributed by atoms with van der Waals surface area (Å²) < 4.78 is 10.7. The Kier molecular flexibility index (Phi) is 5.73. The van der Waals surface area contributed by atoms with Gasteiger partial charge in [-0.3, -0.25) is 15.7 Å². The van der Waals surface area contributed by atoms with Gasteiger partial charge in [0.1, 0.15) is 0 Å². The third-order valence-electron chi connectivity index (χ3n) is 3.60. The minimum Gasteiger partial charge on any atom is -0.454 e. The van der Waals surface area contributed by atoms with E-state index >= 15 is 0 Å². The van der Waals surface area contributed by atoms with Crippen molar-refractivity contribution in [2.24, 2.45) is 10.7 Å². The molecule has 0 spiro atoms. The zero-order valence-corrected chi connectivity index (χ0v) is 14.6. The predicted molar refractivity (Wildman–Crippen MR) is 99.6 cm³/mol. The van der Waals surface area contributed by atoms with E-state index < -0.39 is 0 Å². The number of rotatable bonds is 6. The van der Waals surface area contributed by atoms with Crippen molar-refractivity contribution in [2.75, 3.05) is 19.9 Å². The van der Waals surface area contributed by atoms with Crippen LogP contribution in [0, 0.1) is 5.41 Å². The van der Waals surface area contributed by atoms with E-state index in [1.165, 1.54) is 4.88 Å². The van der Waals surface area contributed by atoms with E-state index in [0.29, 0.717) is 12.5 Å². The number of fused-ring (bicyclic) bond motifs is 1. The molecule has 0 radical (unpaired) electrons. The number of hydrogen-bond acceptors (Lipinski definition) is 5. The van der Waals surface area contributed by atoms with Crippen LogP contribution in [-0.2, 0) is 12.8 Å². The summed E-state index contributed by atoms with van der Waals surface area (Å²) in [4.78, 5) is 5.78. The van der Waals surface area contributed by atoms with Crippen molar-refractivity contribution < 1.29 is 9.47 Å². The standard InChI is InChI=1S/C17H21N5O2S/c18-16(19)22-17(21-8-6-13-2-1-9-25-13)20-7-5-12-3-4-14-15(10-12)24-11-23-14/h1-4,9-10H,5-8,11H2,(H5,18,19,20,21,22). The molecule has 132 valence electrons. The van der Waals surface area contributed by atoms with Crippen molar-refractivity contribution in [2.45, 2.75) is 12.8 Å². The van der Waals surface area contributed by atoms with Crippen LogP contribution in [0.2, 0.25) is 0 Å². The zero-order valence-electron chi connectivity index (χ0n) is 13.7. The van der Waals surface area contributed by atoms with E-state index in [1.54, 1.807) is 11.3 Å². The SMILES string of the molecule is N=C(N)N/C(=N/CCc1ccc2c(c1)OCO2)NCCc1cccs1. The molecular formula is C17H21N5O2S. The molecule has 0 bridgehead atoms. The lowest BCUT2D eigenvalue weighted by atomic mass is 10.1. The second kappa shape index (κ2) is 8.39. The van der Waals surface area contributed by atoms with Crippen LogP contribution in [-0.4, -0.2) is 31.8 Å². The molecule has 2 aromatic rings. The van der Waals surface area contributed by atoms with Crippen LogP contribution in [0.3, 0.4) is 0 Å². The minimum absolute atomic E-state index is 0.134. The monoisotopic (exact) mass is 359 g/mol. The number of nitrogens with one attached hydrogen (secondary N) is 3. The molecule has 8 heteroatoms. The predicted octanol–water partition coefficient (Wildman–Crippen LogP) is 1.69. The van der Waals surface area contributed by atoms with Gasteiger partial charge in [-0.05, 0) is 42.0 Å². The Bertz CT molecular complexity index is 746. The molecule has 0 atom stereocenters. The summed E-state index contributed by atoms with van der Waals surface area (Å²) in [6, 6.07) is 10.0. The lowest BCUT2D eigenvalue weighted by Crippen LogP contribution is -2.44. The van der Waals surface area contributed by atoms with Crippen molar-refractivity contribution in [3.8, 4) is 11.5 Å². The highest BCUT2D eigenvalue weighted by Crippen LogP contribution is 2.32.